The van der Waals surface area contributed by atoms with Gasteiger partial charge >= 0.3 is 0 Å². The summed E-state index contributed by atoms with van der Waals surface area (Å²) in [5.41, 5.74) is 0. The molecule has 1 rings (SSSR count). The number of rotatable bonds is 6. The van der Waals surface area contributed by atoms with Crippen molar-refractivity contribution in [2.24, 2.45) is 0 Å². The van der Waals surface area contributed by atoms with Crippen molar-refractivity contribution in [3.63, 3.8) is 0 Å². The van der Waals surface area contributed by atoms with E-state index in [1.54, 1.807) is 0 Å². The second-order valence-electron chi connectivity index (χ2n) is 4.87. The predicted molar refractivity (Wildman–Crippen MR) is 70.9 cm³/mol. The molecule has 1 fully saturated rings. The lowest BCUT2D eigenvalue weighted by Crippen LogP contribution is -2.42. The molecule has 0 radical (unpaired) electrons. The minimum Gasteiger partial charge on any atom is -0.354 e. The van der Waals surface area contributed by atoms with E-state index in [0.29, 0.717) is 12.6 Å². The zero-order valence-corrected chi connectivity index (χ0v) is 11.5. The van der Waals surface area contributed by atoms with E-state index in [4.69, 9.17) is 0 Å². The highest BCUT2D eigenvalue weighted by Crippen LogP contribution is 2.36. The zero-order valence-electron chi connectivity index (χ0n) is 10.6. The summed E-state index contributed by atoms with van der Waals surface area (Å²) in [6.07, 6.45) is 3.56. The minimum absolute atomic E-state index is 0.119. The molecule has 2 unspecified atom stereocenters. The van der Waals surface area contributed by atoms with E-state index in [9.17, 15) is 4.79 Å². The van der Waals surface area contributed by atoms with Crippen LogP contribution in [0.5, 0.6) is 0 Å². The molecule has 1 saturated heterocycles. The summed E-state index contributed by atoms with van der Waals surface area (Å²) in [5, 5.41) is 6.22. The topological polar surface area (TPSA) is 41.1 Å². The van der Waals surface area contributed by atoms with Crippen LogP contribution in [0.2, 0.25) is 0 Å². The lowest BCUT2D eigenvalue weighted by atomic mass is 10.1. The first kappa shape index (κ1) is 13.8. The van der Waals surface area contributed by atoms with Crippen LogP contribution in [0, 0.1) is 0 Å². The van der Waals surface area contributed by atoms with Gasteiger partial charge in [-0.2, -0.15) is 11.8 Å². The number of hydrogen-bond donors (Lipinski definition) is 2. The fourth-order valence-corrected chi connectivity index (χ4v) is 2.98. The number of amides is 1. The van der Waals surface area contributed by atoms with E-state index in [2.05, 4.69) is 31.4 Å². The average Bonchev–Trinajstić information content (AvgIpc) is 2.71. The molecule has 0 aromatic heterocycles. The first-order valence-corrected chi connectivity index (χ1v) is 7.18. The second kappa shape index (κ2) is 6.50. The predicted octanol–water partition coefficient (Wildman–Crippen LogP) is 1.78. The van der Waals surface area contributed by atoms with Crippen molar-refractivity contribution in [1.29, 1.82) is 0 Å². The summed E-state index contributed by atoms with van der Waals surface area (Å²) in [6, 6.07) is 0.419. The van der Waals surface area contributed by atoms with Gasteiger partial charge in [-0.05, 0) is 38.9 Å². The van der Waals surface area contributed by atoms with Gasteiger partial charge in [0.05, 0.1) is 6.54 Å². The smallest absolute Gasteiger partial charge is 0.234 e. The minimum atomic E-state index is 0.119. The molecule has 0 aromatic rings. The van der Waals surface area contributed by atoms with Gasteiger partial charge in [-0.25, -0.2) is 0 Å². The van der Waals surface area contributed by atoms with Crippen LogP contribution in [-0.4, -0.2) is 35.5 Å². The summed E-state index contributed by atoms with van der Waals surface area (Å²) >= 11 is 1.98. The molecular formula is C12H24N2OS. The molecule has 4 heteroatoms. The Kier molecular flexibility index (Phi) is 5.62. The normalized spacial score (nSPS) is 26.7. The van der Waals surface area contributed by atoms with Crippen molar-refractivity contribution in [3.05, 3.63) is 0 Å². The molecule has 0 saturated carbocycles. The van der Waals surface area contributed by atoms with Crippen LogP contribution < -0.4 is 10.6 Å². The maximum atomic E-state index is 11.6. The van der Waals surface area contributed by atoms with E-state index in [0.717, 1.165) is 13.0 Å². The Bertz CT molecular complexity index is 227. The monoisotopic (exact) mass is 244 g/mol. The van der Waals surface area contributed by atoms with Crippen molar-refractivity contribution in [1.82, 2.24) is 10.6 Å². The molecule has 0 aliphatic carbocycles. The first-order valence-electron chi connectivity index (χ1n) is 6.20. The number of carbonyl (C=O) groups excluding carboxylic acids is 1. The van der Waals surface area contributed by atoms with Gasteiger partial charge in [0.15, 0.2) is 0 Å². The van der Waals surface area contributed by atoms with Gasteiger partial charge in [0, 0.05) is 17.3 Å². The van der Waals surface area contributed by atoms with E-state index in [-0.39, 0.29) is 10.7 Å². The summed E-state index contributed by atoms with van der Waals surface area (Å²) in [5.74, 6) is 1.35. The summed E-state index contributed by atoms with van der Waals surface area (Å²) < 4.78 is 0.270. The van der Waals surface area contributed by atoms with Gasteiger partial charge in [0.2, 0.25) is 5.91 Å². The van der Waals surface area contributed by atoms with E-state index in [1.165, 1.54) is 18.6 Å². The molecule has 1 aliphatic heterocycles. The van der Waals surface area contributed by atoms with Crippen molar-refractivity contribution >= 4 is 17.7 Å². The number of carbonyl (C=O) groups is 1. The third kappa shape index (κ3) is 4.74. The lowest BCUT2D eigenvalue weighted by Gasteiger charge is -2.23. The second-order valence-corrected chi connectivity index (χ2v) is 6.55. The lowest BCUT2D eigenvalue weighted by molar-refractivity contribution is -0.120. The van der Waals surface area contributed by atoms with Crippen LogP contribution in [0.4, 0.5) is 0 Å². The quantitative estimate of drug-likeness (QED) is 0.748. The zero-order chi connectivity index (χ0) is 12.0. The van der Waals surface area contributed by atoms with Crippen molar-refractivity contribution < 1.29 is 4.79 Å². The van der Waals surface area contributed by atoms with Gasteiger partial charge in [-0.1, -0.05) is 6.92 Å². The Morgan fingerprint density at radius 2 is 2.31 bits per heavy atom. The van der Waals surface area contributed by atoms with Crippen LogP contribution >= 0.6 is 11.8 Å². The maximum absolute atomic E-state index is 11.6. The molecule has 3 nitrogen and oxygen atoms in total. The van der Waals surface area contributed by atoms with Gasteiger partial charge in [-0.3, -0.25) is 4.79 Å². The highest BCUT2D eigenvalue weighted by atomic mass is 32.2. The summed E-state index contributed by atoms with van der Waals surface area (Å²) in [7, 11) is 0. The summed E-state index contributed by atoms with van der Waals surface area (Å²) in [4.78, 5) is 11.6. The van der Waals surface area contributed by atoms with E-state index < -0.39 is 0 Å². The standard InChI is InChI=1S/C12H24N2OS/c1-4-10(2)13-8-11(15)14-9-12(3)6-5-7-16-12/h10,13H,4-9H2,1-3H3,(H,14,15). The Morgan fingerprint density at radius 3 is 2.88 bits per heavy atom. The van der Waals surface area contributed by atoms with Crippen molar-refractivity contribution in [2.75, 3.05) is 18.8 Å². The molecular weight excluding hydrogens is 220 g/mol. The van der Waals surface area contributed by atoms with Crippen molar-refractivity contribution in [2.45, 2.75) is 50.8 Å². The Balaban J connectivity index is 2.14. The number of thioether (sulfide) groups is 1. The maximum Gasteiger partial charge on any atom is 0.234 e. The Labute approximate surface area is 103 Å². The van der Waals surface area contributed by atoms with Crippen LogP contribution in [0.15, 0.2) is 0 Å². The van der Waals surface area contributed by atoms with Crippen LogP contribution in [0.3, 0.4) is 0 Å². The SMILES string of the molecule is CCC(C)NCC(=O)NCC1(C)CCCS1. The molecule has 16 heavy (non-hydrogen) atoms. The Hall–Kier alpha value is -0.220. The molecule has 94 valence electrons. The molecule has 0 spiro atoms. The van der Waals surface area contributed by atoms with Gasteiger partial charge in [0.1, 0.15) is 0 Å². The highest BCUT2D eigenvalue weighted by Gasteiger charge is 2.29. The molecule has 0 bridgehead atoms. The van der Waals surface area contributed by atoms with E-state index in [1.807, 2.05) is 11.8 Å². The first-order chi connectivity index (χ1) is 7.56. The average molecular weight is 244 g/mol. The van der Waals surface area contributed by atoms with Crippen LogP contribution in [0.25, 0.3) is 0 Å². The van der Waals surface area contributed by atoms with Gasteiger partial charge in [0.25, 0.3) is 0 Å². The fraction of sp³-hybridized carbons (Fsp3) is 0.917. The largest absolute Gasteiger partial charge is 0.354 e. The molecule has 1 heterocycles. The molecule has 1 amide bonds. The van der Waals surface area contributed by atoms with Crippen molar-refractivity contribution in [3.8, 4) is 0 Å². The van der Waals surface area contributed by atoms with Gasteiger partial charge < -0.3 is 10.6 Å². The number of hydrogen-bond acceptors (Lipinski definition) is 3. The third-order valence-electron chi connectivity index (χ3n) is 3.18. The summed E-state index contributed by atoms with van der Waals surface area (Å²) in [6.45, 7) is 7.70. The number of nitrogens with one attached hydrogen (secondary N) is 2. The van der Waals surface area contributed by atoms with Crippen LogP contribution in [0.1, 0.15) is 40.0 Å². The Morgan fingerprint density at radius 1 is 1.56 bits per heavy atom. The molecule has 1 aliphatic rings. The highest BCUT2D eigenvalue weighted by molar-refractivity contribution is 8.00. The third-order valence-corrected chi connectivity index (χ3v) is 4.72. The molecule has 2 N–H and O–H groups in total. The molecule has 2 atom stereocenters. The fourth-order valence-electron chi connectivity index (χ4n) is 1.74. The van der Waals surface area contributed by atoms with Crippen LogP contribution in [-0.2, 0) is 4.79 Å². The van der Waals surface area contributed by atoms with Gasteiger partial charge in [-0.15, -0.1) is 0 Å². The van der Waals surface area contributed by atoms with E-state index >= 15 is 0 Å². The molecule has 0 aromatic carbocycles.